The van der Waals surface area contributed by atoms with Crippen molar-refractivity contribution in [2.45, 2.75) is 33.6 Å². The number of rotatable bonds is 7. The van der Waals surface area contributed by atoms with Crippen LogP contribution in [0.3, 0.4) is 0 Å². The van der Waals surface area contributed by atoms with Crippen molar-refractivity contribution in [3.63, 3.8) is 0 Å². The first-order valence-electron chi connectivity index (χ1n) is 7.00. The van der Waals surface area contributed by atoms with Gasteiger partial charge in [-0.15, -0.1) is 11.3 Å². The minimum absolute atomic E-state index is 0.0508. The molecule has 3 N–H and O–H groups in total. The topological polar surface area (TPSA) is 83.1 Å². The summed E-state index contributed by atoms with van der Waals surface area (Å²) in [4.78, 5) is 27.8. The number of hydrogen-bond acceptors (Lipinski definition) is 5. The minimum atomic E-state index is -0.462. The van der Waals surface area contributed by atoms with Gasteiger partial charge in [0.1, 0.15) is 0 Å². The highest BCUT2D eigenvalue weighted by Gasteiger charge is 2.22. The van der Waals surface area contributed by atoms with Crippen molar-refractivity contribution >= 4 is 28.3 Å². The summed E-state index contributed by atoms with van der Waals surface area (Å²) in [5.74, 6) is -0.134. The first-order chi connectivity index (χ1) is 9.82. The molecule has 0 fully saturated rings. The standard InChI is InChI=1S/C14H24N4O2S/c1-14(2,3)12(20)18-13-17-10(9-21-13)8-11(19)16-7-5-6-15-4/h9,15H,5-8H2,1-4H3,(H,16,19)(H,17,18,20). The number of carbonyl (C=O) groups excluding carboxylic acids is 2. The Morgan fingerprint density at radius 1 is 1.29 bits per heavy atom. The summed E-state index contributed by atoms with van der Waals surface area (Å²) in [6, 6.07) is 0. The molecule has 0 atom stereocenters. The summed E-state index contributed by atoms with van der Waals surface area (Å²) in [6.07, 6.45) is 1.13. The van der Waals surface area contributed by atoms with E-state index < -0.39 is 5.41 Å². The minimum Gasteiger partial charge on any atom is -0.356 e. The number of anilines is 1. The number of amides is 2. The summed E-state index contributed by atoms with van der Waals surface area (Å²) >= 11 is 1.33. The lowest BCUT2D eigenvalue weighted by molar-refractivity contribution is -0.123. The van der Waals surface area contributed by atoms with Gasteiger partial charge in [-0.2, -0.15) is 0 Å². The van der Waals surface area contributed by atoms with Gasteiger partial charge in [0.25, 0.3) is 0 Å². The number of nitrogens with one attached hydrogen (secondary N) is 3. The van der Waals surface area contributed by atoms with Crippen LogP contribution in [0.2, 0.25) is 0 Å². The zero-order valence-electron chi connectivity index (χ0n) is 13.1. The van der Waals surface area contributed by atoms with E-state index in [4.69, 9.17) is 0 Å². The number of nitrogens with zero attached hydrogens (tertiary/aromatic N) is 1. The van der Waals surface area contributed by atoms with Crippen LogP contribution in [0.1, 0.15) is 32.9 Å². The van der Waals surface area contributed by atoms with Gasteiger partial charge in [0, 0.05) is 17.3 Å². The van der Waals surface area contributed by atoms with Crippen molar-refractivity contribution in [2.24, 2.45) is 5.41 Å². The fourth-order valence-electron chi connectivity index (χ4n) is 1.45. The molecule has 0 saturated heterocycles. The summed E-state index contributed by atoms with van der Waals surface area (Å²) in [7, 11) is 1.88. The normalized spacial score (nSPS) is 11.2. The van der Waals surface area contributed by atoms with Gasteiger partial charge in [0.15, 0.2) is 5.13 Å². The lowest BCUT2D eigenvalue weighted by atomic mass is 9.96. The van der Waals surface area contributed by atoms with Gasteiger partial charge in [-0.05, 0) is 20.0 Å². The Bertz CT molecular complexity index is 480. The van der Waals surface area contributed by atoms with Gasteiger partial charge in [-0.25, -0.2) is 4.98 Å². The van der Waals surface area contributed by atoms with Crippen molar-refractivity contribution in [3.05, 3.63) is 11.1 Å². The quantitative estimate of drug-likeness (QED) is 0.665. The number of thiazole rings is 1. The van der Waals surface area contributed by atoms with Gasteiger partial charge >= 0.3 is 0 Å². The van der Waals surface area contributed by atoms with E-state index in [1.54, 1.807) is 5.38 Å². The van der Waals surface area contributed by atoms with E-state index in [0.29, 0.717) is 17.4 Å². The van der Waals surface area contributed by atoms with Gasteiger partial charge in [-0.1, -0.05) is 20.8 Å². The zero-order chi connectivity index (χ0) is 15.9. The summed E-state index contributed by atoms with van der Waals surface area (Å²) in [6.45, 7) is 7.05. The van der Waals surface area contributed by atoms with Crippen molar-refractivity contribution in [3.8, 4) is 0 Å². The van der Waals surface area contributed by atoms with Crippen LogP contribution in [0, 0.1) is 5.41 Å². The molecule has 2 amide bonds. The lowest BCUT2D eigenvalue weighted by Crippen LogP contribution is -2.28. The molecule has 7 heteroatoms. The van der Waals surface area contributed by atoms with E-state index in [9.17, 15) is 9.59 Å². The molecule has 0 unspecified atom stereocenters. The van der Waals surface area contributed by atoms with Crippen molar-refractivity contribution in [1.82, 2.24) is 15.6 Å². The predicted molar refractivity (Wildman–Crippen MR) is 85.5 cm³/mol. The number of hydrogen-bond donors (Lipinski definition) is 3. The third kappa shape index (κ3) is 6.68. The third-order valence-corrected chi connectivity index (χ3v) is 3.53. The summed E-state index contributed by atoms with van der Waals surface area (Å²) in [5.41, 5.74) is 0.214. The van der Waals surface area contributed by atoms with E-state index >= 15 is 0 Å². The molecule has 1 heterocycles. The lowest BCUT2D eigenvalue weighted by Gasteiger charge is -2.15. The highest BCUT2D eigenvalue weighted by molar-refractivity contribution is 7.13. The van der Waals surface area contributed by atoms with Crippen LogP contribution in [-0.2, 0) is 16.0 Å². The maximum Gasteiger partial charge on any atom is 0.231 e. The fraction of sp³-hybridized carbons (Fsp3) is 0.643. The average Bonchev–Trinajstić information content (AvgIpc) is 2.81. The predicted octanol–water partition coefficient (Wildman–Crippen LogP) is 1.40. The van der Waals surface area contributed by atoms with Gasteiger partial charge in [0.2, 0.25) is 11.8 Å². The Morgan fingerprint density at radius 3 is 2.62 bits per heavy atom. The molecule has 1 aromatic rings. The number of carbonyl (C=O) groups is 2. The van der Waals surface area contributed by atoms with E-state index in [2.05, 4.69) is 20.9 Å². The molecule has 0 bridgehead atoms. The van der Waals surface area contributed by atoms with E-state index in [0.717, 1.165) is 13.0 Å². The Kier molecular flexibility index (Phi) is 6.77. The van der Waals surface area contributed by atoms with Crippen LogP contribution in [0.25, 0.3) is 0 Å². The first-order valence-corrected chi connectivity index (χ1v) is 7.88. The van der Waals surface area contributed by atoms with Crippen LogP contribution in [-0.4, -0.2) is 36.9 Å². The first kappa shape index (κ1) is 17.6. The summed E-state index contributed by atoms with van der Waals surface area (Å²) < 4.78 is 0. The van der Waals surface area contributed by atoms with Crippen LogP contribution >= 0.6 is 11.3 Å². The third-order valence-electron chi connectivity index (χ3n) is 2.72. The summed E-state index contributed by atoms with van der Waals surface area (Å²) in [5, 5.41) is 11.0. The Morgan fingerprint density at radius 2 is 2.00 bits per heavy atom. The highest BCUT2D eigenvalue weighted by atomic mass is 32.1. The number of aromatic nitrogens is 1. The SMILES string of the molecule is CNCCCNC(=O)Cc1csc(NC(=O)C(C)(C)C)n1. The second-order valence-corrected chi connectivity index (χ2v) is 6.69. The van der Waals surface area contributed by atoms with Crippen molar-refractivity contribution < 1.29 is 9.59 Å². The molecule has 1 rings (SSSR count). The molecular weight excluding hydrogens is 288 g/mol. The molecule has 0 radical (unpaired) electrons. The van der Waals surface area contributed by atoms with Gasteiger partial charge < -0.3 is 16.0 Å². The van der Waals surface area contributed by atoms with Crippen LogP contribution in [0.15, 0.2) is 5.38 Å². The van der Waals surface area contributed by atoms with Crippen molar-refractivity contribution in [2.75, 3.05) is 25.5 Å². The Hall–Kier alpha value is -1.47. The Labute approximate surface area is 129 Å². The zero-order valence-corrected chi connectivity index (χ0v) is 13.9. The van der Waals surface area contributed by atoms with Crippen molar-refractivity contribution in [1.29, 1.82) is 0 Å². The maximum atomic E-state index is 11.8. The van der Waals surface area contributed by atoms with Crippen LogP contribution < -0.4 is 16.0 Å². The van der Waals surface area contributed by atoms with Crippen LogP contribution in [0.5, 0.6) is 0 Å². The highest BCUT2D eigenvalue weighted by Crippen LogP contribution is 2.20. The van der Waals surface area contributed by atoms with Gasteiger partial charge in [-0.3, -0.25) is 9.59 Å². The van der Waals surface area contributed by atoms with E-state index in [-0.39, 0.29) is 18.2 Å². The fourth-order valence-corrected chi connectivity index (χ4v) is 2.16. The van der Waals surface area contributed by atoms with Crippen LogP contribution in [0.4, 0.5) is 5.13 Å². The molecule has 0 aromatic carbocycles. The second kappa shape index (κ2) is 8.09. The second-order valence-electron chi connectivity index (χ2n) is 5.83. The Balaban J connectivity index is 2.41. The smallest absolute Gasteiger partial charge is 0.231 e. The monoisotopic (exact) mass is 312 g/mol. The largest absolute Gasteiger partial charge is 0.356 e. The molecule has 0 aliphatic carbocycles. The molecule has 118 valence electrons. The van der Waals surface area contributed by atoms with Gasteiger partial charge in [0.05, 0.1) is 12.1 Å². The maximum absolute atomic E-state index is 11.8. The van der Waals surface area contributed by atoms with E-state index in [1.807, 2.05) is 27.8 Å². The molecule has 21 heavy (non-hydrogen) atoms. The molecule has 0 aliphatic rings. The molecule has 6 nitrogen and oxygen atoms in total. The molecule has 0 spiro atoms. The van der Waals surface area contributed by atoms with E-state index in [1.165, 1.54) is 11.3 Å². The molecule has 1 aromatic heterocycles. The molecule has 0 aliphatic heterocycles. The average molecular weight is 312 g/mol. The molecule has 0 saturated carbocycles. The molecular formula is C14H24N4O2S.